The molecule has 7 nitrogen and oxygen atoms in total. The molecule has 0 radical (unpaired) electrons. The monoisotopic (exact) mass is 356 g/mol. The lowest BCUT2D eigenvalue weighted by Gasteiger charge is -2.34. The predicted octanol–water partition coefficient (Wildman–Crippen LogP) is 2.21. The van der Waals surface area contributed by atoms with E-state index in [-0.39, 0.29) is 12.1 Å². The molecule has 0 aromatic carbocycles. The summed E-state index contributed by atoms with van der Waals surface area (Å²) < 4.78 is 1.91. The fourth-order valence-electron chi connectivity index (χ4n) is 3.52. The molecule has 2 aromatic heterocycles. The van der Waals surface area contributed by atoms with E-state index in [1.807, 2.05) is 44.8 Å². The largest absolute Gasteiger partial charge is 0.355 e. The van der Waals surface area contributed by atoms with Gasteiger partial charge in [-0.2, -0.15) is 5.10 Å². The van der Waals surface area contributed by atoms with E-state index in [0.717, 1.165) is 54.3 Å². The summed E-state index contributed by atoms with van der Waals surface area (Å²) in [6, 6.07) is 4.13. The molecule has 2 N–H and O–H groups in total. The summed E-state index contributed by atoms with van der Waals surface area (Å²) in [5.41, 5.74) is 4.19. The summed E-state index contributed by atoms with van der Waals surface area (Å²) in [7, 11) is 1.96. The maximum absolute atomic E-state index is 12.3. The highest BCUT2D eigenvalue weighted by molar-refractivity contribution is 5.74. The van der Waals surface area contributed by atoms with Gasteiger partial charge in [0.15, 0.2) is 0 Å². The van der Waals surface area contributed by atoms with Crippen molar-refractivity contribution in [3.05, 3.63) is 40.8 Å². The molecular formula is C19H28N6O. The van der Waals surface area contributed by atoms with Gasteiger partial charge in [-0.25, -0.2) is 4.79 Å². The zero-order valence-electron chi connectivity index (χ0n) is 16.0. The molecule has 0 aliphatic carbocycles. The number of aryl methyl sites for hydroxylation is 4. The third-order valence-corrected chi connectivity index (χ3v) is 4.85. The van der Waals surface area contributed by atoms with Crippen LogP contribution in [0.15, 0.2) is 18.3 Å². The third-order valence-electron chi connectivity index (χ3n) is 4.85. The molecule has 7 heteroatoms. The second-order valence-electron chi connectivity index (χ2n) is 7.13. The van der Waals surface area contributed by atoms with Crippen LogP contribution in [-0.4, -0.2) is 39.9 Å². The van der Waals surface area contributed by atoms with Crippen LogP contribution < -0.4 is 15.5 Å². The Balaban J connectivity index is 1.53. The van der Waals surface area contributed by atoms with Gasteiger partial charge in [-0.05, 0) is 50.8 Å². The summed E-state index contributed by atoms with van der Waals surface area (Å²) in [5.74, 6) is 1.11. The van der Waals surface area contributed by atoms with E-state index >= 15 is 0 Å². The van der Waals surface area contributed by atoms with Gasteiger partial charge in [0.05, 0.1) is 5.69 Å². The number of piperidine rings is 1. The van der Waals surface area contributed by atoms with Crippen molar-refractivity contribution in [1.82, 2.24) is 25.4 Å². The standard InChI is InChI=1S/C19H28N6O/c1-13-8-14(2)20-10-16(13)11-21-19(26)22-17-6-5-7-25(12-17)18-9-15(3)23-24(18)4/h8-10,17H,5-7,11-12H2,1-4H3,(H2,21,22,26). The molecule has 26 heavy (non-hydrogen) atoms. The van der Waals surface area contributed by atoms with Crippen LogP contribution in [0.2, 0.25) is 0 Å². The number of hydrogen-bond donors (Lipinski definition) is 2. The van der Waals surface area contributed by atoms with Gasteiger partial charge in [0.1, 0.15) is 5.82 Å². The van der Waals surface area contributed by atoms with Crippen molar-refractivity contribution in [2.45, 2.75) is 46.2 Å². The van der Waals surface area contributed by atoms with E-state index in [9.17, 15) is 4.79 Å². The minimum absolute atomic E-state index is 0.127. The topological polar surface area (TPSA) is 75.1 Å². The summed E-state index contributed by atoms with van der Waals surface area (Å²) in [4.78, 5) is 18.9. The maximum Gasteiger partial charge on any atom is 0.315 e. The number of pyridine rings is 1. The van der Waals surface area contributed by atoms with E-state index in [1.165, 1.54) is 0 Å². The van der Waals surface area contributed by atoms with Crippen molar-refractivity contribution in [2.24, 2.45) is 7.05 Å². The van der Waals surface area contributed by atoms with Gasteiger partial charge in [-0.15, -0.1) is 0 Å². The van der Waals surface area contributed by atoms with Crippen molar-refractivity contribution in [2.75, 3.05) is 18.0 Å². The number of carbonyl (C=O) groups excluding carboxylic acids is 1. The fraction of sp³-hybridized carbons (Fsp3) is 0.526. The minimum Gasteiger partial charge on any atom is -0.355 e. The summed E-state index contributed by atoms with van der Waals surface area (Å²) >= 11 is 0. The van der Waals surface area contributed by atoms with Gasteiger partial charge in [-0.3, -0.25) is 9.67 Å². The van der Waals surface area contributed by atoms with Crippen LogP contribution in [-0.2, 0) is 13.6 Å². The number of anilines is 1. The molecule has 1 atom stereocenters. The van der Waals surface area contributed by atoms with Gasteiger partial charge in [-0.1, -0.05) is 0 Å². The first-order valence-corrected chi connectivity index (χ1v) is 9.14. The Labute approximate surface area is 154 Å². The molecule has 140 valence electrons. The van der Waals surface area contributed by atoms with Crippen LogP contribution in [0, 0.1) is 20.8 Å². The molecule has 1 aliphatic heterocycles. The molecule has 3 rings (SSSR count). The van der Waals surface area contributed by atoms with Crippen molar-refractivity contribution < 1.29 is 4.79 Å². The minimum atomic E-state index is -0.127. The Morgan fingerprint density at radius 3 is 2.77 bits per heavy atom. The molecule has 2 amide bonds. The Morgan fingerprint density at radius 1 is 1.27 bits per heavy atom. The van der Waals surface area contributed by atoms with Gasteiger partial charge < -0.3 is 15.5 Å². The number of rotatable bonds is 4. The number of urea groups is 1. The molecule has 1 unspecified atom stereocenters. The van der Waals surface area contributed by atoms with E-state index in [1.54, 1.807) is 0 Å². The number of amides is 2. The molecule has 2 aromatic rings. The van der Waals surface area contributed by atoms with Gasteiger partial charge in [0.2, 0.25) is 0 Å². The number of aromatic nitrogens is 3. The van der Waals surface area contributed by atoms with Crippen LogP contribution in [0.1, 0.15) is 35.4 Å². The Hall–Kier alpha value is -2.57. The Kier molecular flexibility index (Phi) is 5.44. The SMILES string of the molecule is Cc1cc(C)c(CNC(=O)NC2CCCN(c3cc(C)nn3C)C2)cn1. The molecule has 1 aliphatic rings. The van der Waals surface area contributed by atoms with Gasteiger partial charge >= 0.3 is 6.03 Å². The van der Waals surface area contributed by atoms with E-state index in [0.29, 0.717) is 6.54 Å². The number of nitrogens with one attached hydrogen (secondary N) is 2. The molecule has 1 fully saturated rings. The molecule has 0 spiro atoms. The maximum atomic E-state index is 12.3. The highest BCUT2D eigenvalue weighted by Gasteiger charge is 2.23. The number of nitrogens with zero attached hydrogens (tertiary/aromatic N) is 4. The smallest absolute Gasteiger partial charge is 0.315 e. The summed E-state index contributed by atoms with van der Waals surface area (Å²) in [6.45, 7) is 8.29. The zero-order valence-corrected chi connectivity index (χ0v) is 16.0. The first kappa shape index (κ1) is 18.2. The van der Waals surface area contributed by atoms with Crippen LogP contribution >= 0.6 is 0 Å². The summed E-state index contributed by atoms with van der Waals surface area (Å²) in [5, 5.41) is 10.5. The van der Waals surface area contributed by atoms with Gasteiger partial charge in [0, 0.05) is 50.7 Å². The number of hydrogen-bond acceptors (Lipinski definition) is 4. The van der Waals surface area contributed by atoms with Crippen LogP contribution in [0.5, 0.6) is 0 Å². The predicted molar refractivity (Wildman–Crippen MR) is 102 cm³/mol. The van der Waals surface area contributed by atoms with Crippen molar-refractivity contribution >= 4 is 11.8 Å². The lowest BCUT2D eigenvalue weighted by Crippen LogP contribution is -2.50. The fourth-order valence-corrected chi connectivity index (χ4v) is 3.52. The Bertz CT molecular complexity index is 784. The molecule has 0 bridgehead atoms. The van der Waals surface area contributed by atoms with Crippen molar-refractivity contribution in [3.63, 3.8) is 0 Å². The highest BCUT2D eigenvalue weighted by Crippen LogP contribution is 2.20. The second kappa shape index (κ2) is 7.76. The first-order valence-electron chi connectivity index (χ1n) is 9.14. The second-order valence-corrected chi connectivity index (χ2v) is 7.13. The van der Waals surface area contributed by atoms with E-state index < -0.39 is 0 Å². The quantitative estimate of drug-likeness (QED) is 0.881. The zero-order chi connectivity index (χ0) is 18.7. The summed E-state index contributed by atoms with van der Waals surface area (Å²) in [6.07, 6.45) is 3.88. The lowest BCUT2D eigenvalue weighted by atomic mass is 10.1. The normalized spacial score (nSPS) is 17.2. The van der Waals surface area contributed by atoms with Crippen LogP contribution in [0.25, 0.3) is 0 Å². The van der Waals surface area contributed by atoms with Gasteiger partial charge in [0.25, 0.3) is 0 Å². The van der Waals surface area contributed by atoms with E-state index in [2.05, 4.69) is 31.7 Å². The molecule has 1 saturated heterocycles. The molecule has 3 heterocycles. The van der Waals surface area contributed by atoms with Crippen molar-refractivity contribution in [1.29, 1.82) is 0 Å². The van der Waals surface area contributed by atoms with Crippen molar-refractivity contribution in [3.8, 4) is 0 Å². The highest BCUT2D eigenvalue weighted by atomic mass is 16.2. The average Bonchev–Trinajstić information content (AvgIpc) is 2.93. The molecular weight excluding hydrogens is 328 g/mol. The van der Waals surface area contributed by atoms with Crippen LogP contribution in [0.3, 0.4) is 0 Å². The lowest BCUT2D eigenvalue weighted by molar-refractivity contribution is 0.234. The van der Waals surface area contributed by atoms with Crippen LogP contribution in [0.4, 0.5) is 10.6 Å². The average molecular weight is 356 g/mol. The number of carbonyl (C=O) groups is 1. The molecule has 0 saturated carbocycles. The van der Waals surface area contributed by atoms with E-state index in [4.69, 9.17) is 0 Å². The first-order chi connectivity index (χ1) is 12.4. The Morgan fingerprint density at radius 2 is 2.08 bits per heavy atom. The third kappa shape index (κ3) is 4.33.